The van der Waals surface area contributed by atoms with Crippen LogP contribution in [0.2, 0.25) is 5.15 Å². The number of hydrogen-bond acceptors (Lipinski definition) is 3. The van der Waals surface area contributed by atoms with Gasteiger partial charge in [-0.1, -0.05) is 103 Å². The molecule has 0 unspecified atom stereocenters. The minimum absolute atomic E-state index is 0.0160. The highest BCUT2D eigenvalue weighted by molar-refractivity contribution is 6.29. The Kier molecular flexibility index (Phi) is 5.91. The van der Waals surface area contributed by atoms with Crippen LogP contribution in [0.5, 0.6) is 5.75 Å². The summed E-state index contributed by atoms with van der Waals surface area (Å²) in [6.07, 6.45) is 3.50. The Morgan fingerprint density at radius 3 is 2.14 bits per heavy atom. The van der Waals surface area contributed by atoms with Gasteiger partial charge in [-0.05, 0) is 16.7 Å². The zero-order valence-corrected chi connectivity index (χ0v) is 20.3. The van der Waals surface area contributed by atoms with Crippen LogP contribution in [-0.4, -0.2) is 14.1 Å². The number of ether oxygens (including phenoxy) is 1. The lowest BCUT2D eigenvalue weighted by Gasteiger charge is -2.36. The summed E-state index contributed by atoms with van der Waals surface area (Å²) in [5.41, 5.74) is 3.83. The number of benzene rings is 3. The fourth-order valence-electron chi connectivity index (χ4n) is 5.11. The minimum Gasteiger partial charge on any atom is -0.483 e. The lowest BCUT2D eigenvalue weighted by Crippen LogP contribution is -2.31. The predicted molar refractivity (Wildman–Crippen MR) is 141 cm³/mol. The summed E-state index contributed by atoms with van der Waals surface area (Å²) in [4.78, 5) is 17.7. The molecular weight excluding hydrogens is 470 g/mol. The second kappa shape index (κ2) is 9.51. The molecule has 36 heavy (non-hydrogen) atoms. The van der Waals surface area contributed by atoms with Crippen molar-refractivity contribution in [3.05, 3.63) is 142 Å². The van der Waals surface area contributed by atoms with Gasteiger partial charge in [0.15, 0.2) is 11.6 Å². The second-order valence-electron chi connectivity index (χ2n) is 8.92. The van der Waals surface area contributed by atoms with Crippen molar-refractivity contribution >= 4 is 11.6 Å². The molecule has 0 saturated heterocycles. The summed E-state index contributed by atoms with van der Waals surface area (Å²) in [6, 6.07) is 32.2. The lowest BCUT2D eigenvalue weighted by molar-refractivity contribution is 0.293. The highest BCUT2D eigenvalue weighted by Crippen LogP contribution is 2.44. The maximum atomic E-state index is 13.1. The third kappa shape index (κ3) is 4.01. The average Bonchev–Trinajstić information content (AvgIpc) is 3.30. The Balaban J connectivity index is 1.53. The number of rotatable bonds is 6. The third-order valence-corrected chi connectivity index (χ3v) is 7.06. The lowest BCUT2D eigenvalue weighted by atomic mass is 9.84. The SMILES string of the molecule is O=c1ccn2c(c1OCc1ccccc1)-c1ncc(Cl)n1C[C@@H]2C(c1ccccc1)c1ccccc1. The molecule has 0 aliphatic carbocycles. The number of nitrogens with zero attached hydrogens (tertiary/aromatic N) is 3. The molecule has 3 aromatic carbocycles. The molecule has 0 saturated carbocycles. The first-order chi connectivity index (χ1) is 17.7. The van der Waals surface area contributed by atoms with Crippen LogP contribution >= 0.6 is 11.6 Å². The quantitative estimate of drug-likeness (QED) is 0.277. The fraction of sp³-hybridized carbons (Fsp3) is 0.133. The van der Waals surface area contributed by atoms with E-state index in [1.165, 1.54) is 11.1 Å². The first-order valence-corrected chi connectivity index (χ1v) is 12.3. The van der Waals surface area contributed by atoms with Crippen LogP contribution in [0, 0.1) is 0 Å². The number of pyridine rings is 1. The molecular formula is C30H24ClN3O2. The summed E-state index contributed by atoms with van der Waals surface area (Å²) in [7, 11) is 0. The summed E-state index contributed by atoms with van der Waals surface area (Å²) in [6.45, 7) is 0.892. The van der Waals surface area contributed by atoms with Gasteiger partial charge >= 0.3 is 0 Å². The molecule has 0 fully saturated rings. The molecule has 178 valence electrons. The van der Waals surface area contributed by atoms with Gasteiger partial charge < -0.3 is 13.9 Å². The molecule has 0 N–H and O–H groups in total. The van der Waals surface area contributed by atoms with Gasteiger partial charge in [-0.15, -0.1) is 0 Å². The Morgan fingerprint density at radius 2 is 1.50 bits per heavy atom. The molecule has 2 aromatic heterocycles. The van der Waals surface area contributed by atoms with E-state index in [0.717, 1.165) is 5.56 Å². The van der Waals surface area contributed by atoms with Crippen molar-refractivity contribution in [3.63, 3.8) is 0 Å². The molecule has 1 aliphatic heterocycles. The van der Waals surface area contributed by atoms with Crippen LogP contribution in [0.3, 0.4) is 0 Å². The van der Waals surface area contributed by atoms with Gasteiger partial charge in [0, 0.05) is 24.7 Å². The van der Waals surface area contributed by atoms with Crippen LogP contribution in [0.1, 0.15) is 28.7 Å². The van der Waals surface area contributed by atoms with Crippen molar-refractivity contribution in [2.75, 3.05) is 0 Å². The van der Waals surface area contributed by atoms with Gasteiger partial charge in [-0.3, -0.25) is 4.79 Å². The minimum atomic E-state index is -0.181. The standard InChI is InChI=1S/C30H24ClN3O2/c31-26-18-32-30-28-29(36-20-21-10-4-1-5-11-21)25(35)16-17-33(28)24(19-34(26)30)27(22-12-6-2-7-13-22)23-14-8-3-9-15-23/h1-18,24,27H,19-20H2/t24-/m1/s1. The zero-order valence-electron chi connectivity index (χ0n) is 19.5. The van der Waals surface area contributed by atoms with Gasteiger partial charge in [0.25, 0.3) is 0 Å². The van der Waals surface area contributed by atoms with E-state index in [1.807, 2.05) is 53.2 Å². The van der Waals surface area contributed by atoms with Crippen molar-refractivity contribution in [2.24, 2.45) is 0 Å². The largest absolute Gasteiger partial charge is 0.483 e. The van der Waals surface area contributed by atoms with Gasteiger partial charge in [0.2, 0.25) is 5.43 Å². The molecule has 5 nitrogen and oxygen atoms in total. The van der Waals surface area contributed by atoms with E-state index in [4.69, 9.17) is 16.3 Å². The molecule has 0 spiro atoms. The van der Waals surface area contributed by atoms with Crippen LogP contribution in [0.15, 0.2) is 114 Å². The molecule has 6 heteroatoms. The third-order valence-electron chi connectivity index (χ3n) is 6.76. The van der Waals surface area contributed by atoms with Crippen LogP contribution in [-0.2, 0) is 13.2 Å². The van der Waals surface area contributed by atoms with Crippen molar-refractivity contribution < 1.29 is 4.74 Å². The molecule has 0 bridgehead atoms. The van der Waals surface area contributed by atoms with Crippen molar-refractivity contribution in [1.29, 1.82) is 0 Å². The Bertz CT molecular complexity index is 1510. The summed E-state index contributed by atoms with van der Waals surface area (Å²) < 4.78 is 10.3. The maximum absolute atomic E-state index is 13.1. The van der Waals surface area contributed by atoms with Crippen LogP contribution < -0.4 is 10.2 Å². The maximum Gasteiger partial charge on any atom is 0.224 e. The van der Waals surface area contributed by atoms with Crippen molar-refractivity contribution in [1.82, 2.24) is 14.1 Å². The first kappa shape index (κ1) is 22.4. The number of fused-ring (bicyclic) bond motifs is 3. The second-order valence-corrected chi connectivity index (χ2v) is 9.31. The molecule has 1 aliphatic rings. The van der Waals surface area contributed by atoms with E-state index >= 15 is 0 Å². The van der Waals surface area contributed by atoms with E-state index in [0.29, 0.717) is 23.2 Å². The predicted octanol–water partition coefficient (Wildman–Crippen LogP) is 6.33. The average molecular weight is 494 g/mol. The van der Waals surface area contributed by atoms with Crippen LogP contribution in [0.25, 0.3) is 11.5 Å². The van der Waals surface area contributed by atoms with Gasteiger partial charge in [-0.2, -0.15) is 0 Å². The number of halogens is 1. The molecule has 0 radical (unpaired) electrons. The molecule has 5 aromatic rings. The monoisotopic (exact) mass is 493 g/mol. The van der Waals surface area contributed by atoms with Gasteiger partial charge in [-0.25, -0.2) is 4.98 Å². The Morgan fingerprint density at radius 1 is 0.889 bits per heavy atom. The molecule has 1 atom stereocenters. The number of imidazole rings is 1. The van der Waals surface area contributed by atoms with E-state index < -0.39 is 0 Å². The van der Waals surface area contributed by atoms with Crippen molar-refractivity contribution in [2.45, 2.75) is 25.1 Å². The highest BCUT2D eigenvalue weighted by Gasteiger charge is 2.35. The summed E-state index contributed by atoms with van der Waals surface area (Å²) >= 11 is 6.62. The van der Waals surface area contributed by atoms with E-state index in [-0.39, 0.29) is 29.7 Å². The highest BCUT2D eigenvalue weighted by atomic mass is 35.5. The molecule has 6 rings (SSSR count). The Hall–Kier alpha value is -4.09. The van der Waals surface area contributed by atoms with E-state index in [1.54, 1.807) is 12.3 Å². The topological polar surface area (TPSA) is 49.1 Å². The zero-order chi connectivity index (χ0) is 24.5. The number of aromatic nitrogens is 3. The van der Waals surface area contributed by atoms with Crippen molar-refractivity contribution in [3.8, 4) is 17.3 Å². The van der Waals surface area contributed by atoms with Gasteiger partial charge in [0.05, 0.1) is 12.2 Å². The van der Waals surface area contributed by atoms with Gasteiger partial charge in [0.1, 0.15) is 17.5 Å². The first-order valence-electron chi connectivity index (χ1n) is 11.9. The van der Waals surface area contributed by atoms with E-state index in [2.05, 4.69) is 58.1 Å². The number of hydrogen-bond donors (Lipinski definition) is 0. The van der Waals surface area contributed by atoms with E-state index in [9.17, 15) is 4.79 Å². The smallest absolute Gasteiger partial charge is 0.224 e. The summed E-state index contributed by atoms with van der Waals surface area (Å²) in [5, 5.41) is 0.534. The normalized spacial score (nSPS) is 14.3. The molecule has 3 heterocycles. The fourth-order valence-corrected chi connectivity index (χ4v) is 5.31. The molecule has 0 amide bonds. The van der Waals surface area contributed by atoms with Crippen LogP contribution in [0.4, 0.5) is 0 Å². The summed E-state index contributed by atoms with van der Waals surface area (Å²) in [5.74, 6) is 0.938. The Labute approximate surface area is 214 Å².